The third-order valence-corrected chi connectivity index (χ3v) is 4.19. The van der Waals surface area contributed by atoms with E-state index in [2.05, 4.69) is 24.2 Å². The van der Waals surface area contributed by atoms with Crippen LogP contribution < -0.4 is 5.32 Å². The second-order valence-corrected chi connectivity index (χ2v) is 5.74. The first-order valence-corrected chi connectivity index (χ1v) is 7.18. The summed E-state index contributed by atoms with van der Waals surface area (Å²) in [6.45, 7) is 5.29. The summed E-state index contributed by atoms with van der Waals surface area (Å²) in [6, 6.07) is 3.92. The van der Waals surface area contributed by atoms with Crippen LogP contribution in [0.3, 0.4) is 0 Å². The predicted octanol–water partition coefficient (Wildman–Crippen LogP) is 3.07. The van der Waals surface area contributed by atoms with Crippen LogP contribution in [0.25, 0.3) is 0 Å². The Morgan fingerprint density at radius 1 is 1.59 bits per heavy atom. The molecule has 1 fully saturated rings. The largest absolute Gasteiger partial charge is 0.469 e. The van der Waals surface area contributed by atoms with Crippen molar-refractivity contribution < 1.29 is 4.42 Å². The summed E-state index contributed by atoms with van der Waals surface area (Å²) < 4.78 is 5.29. The van der Waals surface area contributed by atoms with E-state index in [1.165, 1.54) is 6.42 Å². The minimum absolute atomic E-state index is 0.231. The summed E-state index contributed by atoms with van der Waals surface area (Å²) in [5.74, 6) is 2.17. The van der Waals surface area contributed by atoms with Gasteiger partial charge in [0.05, 0.1) is 6.26 Å². The van der Waals surface area contributed by atoms with Crippen LogP contribution in [0.1, 0.15) is 32.4 Å². The van der Waals surface area contributed by atoms with Gasteiger partial charge < -0.3 is 9.73 Å². The second kappa shape index (κ2) is 5.63. The first-order chi connectivity index (χ1) is 8.22. The monoisotopic (exact) mass is 252 g/mol. The number of nitrogens with zero attached hydrogens (tertiary/aromatic N) is 1. The first kappa shape index (κ1) is 12.6. The van der Waals surface area contributed by atoms with Gasteiger partial charge in [-0.2, -0.15) is 0 Å². The summed E-state index contributed by atoms with van der Waals surface area (Å²) in [5, 5.41) is 4.63. The quantitative estimate of drug-likeness (QED) is 0.895. The Kier molecular flexibility index (Phi) is 4.15. The summed E-state index contributed by atoms with van der Waals surface area (Å²) >= 11 is 1.83. The molecule has 2 heterocycles. The van der Waals surface area contributed by atoms with E-state index in [1.807, 2.05) is 23.9 Å². The van der Waals surface area contributed by atoms with Gasteiger partial charge in [-0.15, -0.1) is 0 Å². The van der Waals surface area contributed by atoms with Crippen molar-refractivity contribution in [1.29, 1.82) is 0 Å². The summed E-state index contributed by atoms with van der Waals surface area (Å²) in [6.07, 6.45) is 4.95. The van der Waals surface area contributed by atoms with Crippen molar-refractivity contribution in [2.75, 3.05) is 12.3 Å². The molecule has 1 atom stereocenters. The molecule has 0 bridgehead atoms. The highest BCUT2D eigenvalue weighted by Gasteiger charge is 2.27. The number of thioether (sulfide) groups is 1. The van der Waals surface area contributed by atoms with E-state index in [-0.39, 0.29) is 5.54 Å². The number of hydrogen-bond donors (Lipinski definition) is 1. The molecule has 0 amide bonds. The van der Waals surface area contributed by atoms with Crippen LogP contribution in [-0.4, -0.2) is 23.0 Å². The molecule has 0 radical (unpaired) electrons. The fourth-order valence-corrected chi connectivity index (χ4v) is 3.05. The molecule has 1 aliphatic rings. The Morgan fingerprint density at radius 3 is 3.18 bits per heavy atom. The average molecular weight is 252 g/mol. The Balaban J connectivity index is 1.85. The summed E-state index contributed by atoms with van der Waals surface area (Å²) in [7, 11) is 0. The van der Waals surface area contributed by atoms with Gasteiger partial charge in [-0.25, -0.2) is 0 Å². The number of hydrogen-bond acceptors (Lipinski definition) is 3. The van der Waals surface area contributed by atoms with Gasteiger partial charge in [0, 0.05) is 24.3 Å². The molecular formula is C13H20N2OS. The fourth-order valence-electron chi connectivity index (χ4n) is 1.80. The average Bonchev–Trinajstić information content (AvgIpc) is 2.82. The molecule has 1 aromatic heterocycles. The number of furan rings is 1. The van der Waals surface area contributed by atoms with Crippen LogP contribution in [0.2, 0.25) is 0 Å². The molecule has 2 rings (SSSR count). The van der Waals surface area contributed by atoms with E-state index < -0.39 is 0 Å². The molecule has 0 aromatic carbocycles. The van der Waals surface area contributed by atoms with Crippen LogP contribution in [0.4, 0.5) is 0 Å². The van der Waals surface area contributed by atoms with Crippen LogP contribution in [0, 0.1) is 0 Å². The maximum Gasteiger partial charge on any atom is 0.156 e. The van der Waals surface area contributed by atoms with Gasteiger partial charge in [-0.05, 0) is 31.9 Å². The number of rotatable bonds is 4. The number of amidine groups is 1. The fraction of sp³-hybridized carbons (Fsp3) is 0.615. The zero-order valence-corrected chi connectivity index (χ0v) is 11.3. The van der Waals surface area contributed by atoms with Crippen molar-refractivity contribution in [3.63, 3.8) is 0 Å². The van der Waals surface area contributed by atoms with Crippen LogP contribution in [-0.2, 0) is 6.42 Å². The SMILES string of the molecule is CCC1(C)CCSC(=NCCc2ccco2)N1. The van der Waals surface area contributed by atoms with Crippen molar-refractivity contribution in [3.8, 4) is 0 Å². The highest BCUT2D eigenvalue weighted by molar-refractivity contribution is 8.13. The summed E-state index contributed by atoms with van der Waals surface area (Å²) in [4.78, 5) is 4.61. The van der Waals surface area contributed by atoms with Gasteiger partial charge in [0.25, 0.3) is 0 Å². The molecule has 0 saturated carbocycles. The maximum absolute atomic E-state index is 5.29. The third-order valence-electron chi connectivity index (χ3n) is 3.28. The molecule has 1 saturated heterocycles. The highest BCUT2D eigenvalue weighted by Crippen LogP contribution is 2.24. The second-order valence-electron chi connectivity index (χ2n) is 4.65. The van der Waals surface area contributed by atoms with E-state index >= 15 is 0 Å². The first-order valence-electron chi connectivity index (χ1n) is 6.20. The van der Waals surface area contributed by atoms with E-state index in [9.17, 15) is 0 Å². The highest BCUT2D eigenvalue weighted by atomic mass is 32.2. The van der Waals surface area contributed by atoms with E-state index in [0.29, 0.717) is 0 Å². The standard InChI is InChI=1S/C13H20N2OS/c1-3-13(2)7-10-17-12(15-13)14-8-6-11-5-4-9-16-11/h4-5,9H,3,6-8,10H2,1-2H3,(H,14,15). The maximum atomic E-state index is 5.29. The molecule has 1 N–H and O–H groups in total. The normalized spacial score (nSPS) is 27.1. The minimum Gasteiger partial charge on any atom is -0.469 e. The number of aliphatic imine (C=N–C) groups is 1. The molecule has 0 spiro atoms. The molecule has 1 unspecified atom stereocenters. The zero-order valence-electron chi connectivity index (χ0n) is 10.5. The van der Waals surface area contributed by atoms with Crippen molar-refractivity contribution >= 4 is 16.9 Å². The molecule has 1 aromatic rings. The van der Waals surface area contributed by atoms with Crippen molar-refractivity contribution in [1.82, 2.24) is 5.32 Å². The van der Waals surface area contributed by atoms with Crippen molar-refractivity contribution in [2.24, 2.45) is 4.99 Å². The van der Waals surface area contributed by atoms with Gasteiger partial charge in [0.15, 0.2) is 5.17 Å². The van der Waals surface area contributed by atoms with Gasteiger partial charge in [-0.1, -0.05) is 18.7 Å². The lowest BCUT2D eigenvalue weighted by molar-refractivity contribution is 0.390. The Hall–Kier alpha value is -0.900. The molecular weight excluding hydrogens is 232 g/mol. The molecule has 1 aliphatic heterocycles. The zero-order chi connectivity index (χ0) is 12.1. The van der Waals surface area contributed by atoms with E-state index in [4.69, 9.17) is 4.42 Å². The molecule has 17 heavy (non-hydrogen) atoms. The topological polar surface area (TPSA) is 37.5 Å². The van der Waals surface area contributed by atoms with E-state index in [0.717, 1.165) is 36.1 Å². The summed E-state index contributed by atoms with van der Waals surface area (Å²) in [5.41, 5.74) is 0.231. The lowest BCUT2D eigenvalue weighted by Crippen LogP contribution is -2.48. The Morgan fingerprint density at radius 2 is 2.47 bits per heavy atom. The molecule has 0 aliphatic carbocycles. The lowest BCUT2D eigenvalue weighted by atomic mass is 9.96. The van der Waals surface area contributed by atoms with Gasteiger partial charge in [-0.3, -0.25) is 4.99 Å². The van der Waals surface area contributed by atoms with Gasteiger partial charge in [0.2, 0.25) is 0 Å². The molecule has 4 heteroatoms. The molecule has 3 nitrogen and oxygen atoms in total. The van der Waals surface area contributed by atoms with Crippen molar-refractivity contribution in [3.05, 3.63) is 24.2 Å². The third kappa shape index (κ3) is 3.53. The number of nitrogens with one attached hydrogen (secondary N) is 1. The predicted molar refractivity (Wildman–Crippen MR) is 73.6 cm³/mol. The van der Waals surface area contributed by atoms with Crippen LogP contribution >= 0.6 is 11.8 Å². The van der Waals surface area contributed by atoms with Crippen LogP contribution in [0.15, 0.2) is 27.8 Å². The van der Waals surface area contributed by atoms with Crippen molar-refractivity contribution in [2.45, 2.75) is 38.6 Å². The Labute approximate surface area is 107 Å². The lowest BCUT2D eigenvalue weighted by Gasteiger charge is -2.35. The smallest absolute Gasteiger partial charge is 0.156 e. The minimum atomic E-state index is 0.231. The van der Waals surface area contributed by atoms with E-state index in [1.54, 1.807) is 6.26 Å². The Bertz CT molecular complexity index is 375. The van der Waals surface area contributed by atoms with Gasteiger partial charge in [0.1, 0.15) is 5.76 Å². The molecule has 94 valence electrons. The van der Waals surface area contributed by atoms with Gasteiger partial charge >= 0.3 is 0 Å². The van der Waals surface area contributed by atoms with Crippen LogP contribution in [0.5, 0.6) is 0 Å².